The van der Waals surface area contributed by atoms with Crippen LogP contribution in [-0.4, -0.2) is 11.0 Å². The van der Waals surface area contributed by atoms with E-state index in [-0.39, 0.29) is 17.2 Å². The van der Waals surface area contributed by atoms with E-state index in [0.29, 0.717) is 0 Å². The second-order valence-electron chi connectivity index (χ2n) is 1.18. The fourth-order valence-corrected chi connectivity index (χ4v) is 0.355. The second kappa shape index (κ2) is 3.77. The van der Waals surface area contributed by atoms with E-state index in [1.54, 1.807) is 0 Å². The molecule has 0 aliphatic rings. The standard InChI is InChI=1S/C5H3ClN2O/c6-1-5(9)4(2-7)3-8/h9H,1H2. The van der Waals surface area contributed by atoms with Crippen molar-refractivity contribution in [3.63, 3.8) is 0 Å². The van der Waals surface area contributed by atoms with E-state index in [4.69, 9.17) is 27.2 Å². The lowest BCUT2D eigenvalue weighted by molar-refractivity contribution is 0.413. The van der Waals surface area contributed by atoms with Crippen molar-refractivity contribution in [3.8, 4) is 12.1 Å². The van der Waals surface area contributed by atoms with Crippen LogP contribution < -0.4 is 0 Å². The first-order valence-electron chi connectivity index (χ1n) is 2.04. The van der Waals surface area contributed by atoms with Crippen molar-refractivity contribution in [2.45, 2.75) is 0 Å². The molecular formula is C5H3ClN2O. The van der Waals surface area contributed by atoms with Crippen LogP contribution in [0.2, 0.25) is 0 Å². The number of hydrogen-bond acceptors (Lipinski definition) is 3. The van der Waals surface area contributed by atoms with Crippen molar-refractivity contribution in [2.75, 3.05) is 5.88 Å². The van der Waals surface area contributed by atoms with Crippen molar-refractivity contribution >= 4 is 11.6 Å². The Hall–Kier alpha value is -1.19. The molecule has 0 saturated carbocycles. The third-order valence-electron chi connectivity index (χ3n) is 0.639. The number of nitrogens with zero attached hydrogens (tertiary/aromatic N) is 2. The number of aliphatic hydroxyl groups is 1. The van der Waals surface area contributed by atoms with Crippen LogP contribution in [-0.2, 0) is 0 Å². The highest BCUT2D eigenvalue weighted by Crippen LogP contribution is 1.99. The van der Waals surface area contributed by atoms with Gasteiger partial charge in [0.25, 0.3) is 0 Å². The van der Waals surface area contributed by atoms with Gasteiger partial charge in [-0.1, -0.05) is 0 Å². The normalized spacial score (nSPS) is 7.00. The van der Waals surface area contributed by atoms with Gasteiger partial charge in [-0.25, -0.2) is 0 Å². The molecule has 46 valence electrons. The maximum atomic E-state index is 8.62. The van der Waals surface area contributed by atoms with Gasteiger partial charge in [0.2, 0.25) is 0 Å². The van der Waals surface area contributed by atoms with Crippen LogP contribution in [0.3, 0.4) is 0 Å². The lowest BCUT2D eigenvalue weighted by atomic mass is 10.3. The Bertz CT molecular complexity index is 192. The average molecular weight is 143 g/mol. The summed E-state index contributed by atoms with van der Waals surface area (Å²) in [5.41, 5.74) is -0.329. The fourth-order valence-electron chi connectivity index (χ4n) is 0.221. The van der Waals surface area contributed by atoms with Crippen LogP contribution in [0.1, 0.15) is 0 Å². The van der Waals surface area contributed by atoms with Gasteiger partial charge in [0.05, 0.1) is 5.88 Å². The molecule has 1 N–H and O–H groups in total. The molecule has 0 aliphatic heterocycles. The zero-order valence-corrected chi connectivity index (χ0v) is 5.18. The number of rotatable bonds is 1. The van der Waals surface area contributed by atoms with Gasteiger partial charge in [-0.15, -0.1) is 11.6 Å². The van der Waals surface area contributed by atoms with E-state index in [0.717, 1.165) is 0 Å². The van der Waals surface area contributed by atoms with Gasteiger partial charge in [-0.05, 0) is 0 Å². The van der Waals surface area contributed by atoms with Crippen LogP contribution in [0, 0.1) is 22.7 Å². The van der Waals surface area contributed by atoms with Crippen LogP contribution in [0.5, 0.6) is 0 Å². The van der Waals surface area contributed by atoms with Crippen LogP contribution in [0.15, 0.2) is 11.3 Å². The average Bonchev–Trinajstić information content (AvgIpc) is 1.90. The summed E-state index contributed by atoms with van der Waals surface area (Å²) in [7, 11) is 0. The maximum absolute atomic E-state index is 8.62. The number of halogens is 1. The van der Waals surface area contributed by atoms with E-state index in [2.05, 4.69) is 0 Å². The molecule has 0 aromatic carbocycles. The predicted octanol–water partition coefficient (Wildman–Crippen LogP) is 1.08. The molecule has 0 saturated heterocycles. The van der Waals surface area contributed by atoms with Crippen molar-refractivity contribution < 1.29 is 5.11 Å². The smallest absolute Gasteiger partial charge is 0.168 e. The first kappa shape index (κ1) is 7.81. The van der Waals surface area contributed by atoms with Gasteiger partial charge in [0.1, 0.15) is 17.9 Å². The lowest BCUT2D eigenvalue weighted by Gasteiger charge is -1.87. The molecule has 0 spiro atoms. The van der Waals surface area contributed by atoms with E-state index in [1.807, 2.05) is 0 Å². The third kappa shape index (κ3) is 2.03. The number of aliphatic hydroxyl groups excluding tert-OH is 1. The van der Waals surface area contributed by atoms with Gasteiger partial charge >= 0.3 is 0 Å². The third-order valence-corrected chi connectivity index (χ3v) is 0.892. The SMILES string of the molecule is N#CC(C#N)=C(O)CCl. The number of nitriles is 2. The molecule has 0 unspecified atom stereocenters. The second-order valence-corrected chi connectivity index (χ2v) is 1.45. The predicted molar refractivity (Wildman–Crippen MR) is 31.6 cm³/mol. The fraction of sp³-hybridized carbons (Fsp3) is 0.200. The number of hydrogen-bond donors (Lipinski definition) is 1. The summed E-state index contributed by atoms with van der Waals surface area (Å²) < 4.78 is 0. The molecule has 0 bridgehead atoms. The largest absolute Gasteiger partial charge is 0.509 e. The summed E-state index contributed by atoms with van der Waals surface area (Å²) in [6.07, 6.45) is 0. The maximum Gasteiger partial charge on any atom is 0.168 e. The Morgan fingerprint density at radius 3 is 2.00 bits per heavy atom. The van der Waals surface area contributed by atoms with Gasteiger partial charge in [-0.2, -0.15) is 10.5 Å². The summed E-state index contributed by atoms with van der Waals surface area (Å²) in [5, 5.41) is 24.8. The molecule has 4 heteroatoms. The van der Waals surface area contributed by atoms with Crippen LogP contribution >= 0.6 is 11.6 Å². The topological polar surface area (TPSA) is 67.8 Å². The Balaban J connectivity index is 4.49. The molecule has 9 heavy (non-hydrogen) atoms. The number of allylic oxidation sites excluding steroid dienone is 2. The minimum atomic E-state index is -0.373. The Morgan fingerprint density at radius 1 is 1.44 bits per heavy atom. The van der Waals surface area contributed by atoms with Crippen molar-refractivity contribution in [1.29, 1.82) is 10.5 Å². The van der Waals surface area contributed by atoms with Crippen molar-refractivity contribution in [1.82, 2.24) is 0 Å². The summed E-state index contributed by atoms with van der Waals surface area (Å²) in [4.78, 5) is 0. The van der Waals surface area contributed by atoms with Crippen LogP contribution in [0.25, 0.3) is 0 Å². The Kier molecular flexibility index (Phi) is 3.27. The molecule has 0 aliphatic carbocycles. The summed E-state index contributed by atoms with van der Waals surface area (Å²) >= 11 is 5.09. The Morgan fingerprint density at radius 2 is 1.89 bits per heavy atom. The minimum absolute atomic E-state index is 0.198. The van der Waals surface area contributed by atoms with E-state index in [9.17, 15) is 0 Å². The molecule has 0 heterocycles. The van der Waals surface area contributed by atoms with E-state index >= 15 is 0 Å². The minimum Gasteiger partial charge on any atom is -0.509 e. The van der Waals surface area contributed by atoms with Gasteiger partial charge < -0.3 is 5.11 Å². The molecule has 0 aromatic heterocycles. The van der Waals surface area contributed by atoms with Gasteiger partial charge in [0.15, 0.2) is 5.57 Å². The van der Waals surface area contributed by atoms with Crippen molar-refractivity contribution in [3.05, 3.63) is 11.3 Å². The first-order valence-corrected chi connectivity index (χ1v) is 2.58. The van der Waals surface area contributed by atoms with E-state index in [1.165, 1.54) is 12.1 Å². The highest BCUT2D eigenvalue weighted by atomic mass is 35.5. The highest BCUT2D eigenvalue weighted by Gasteiger charge is 1.99. The monoisotopic (exact) mass is 142 g/mol. The van der Waals surface area contributed by atoms with Gasteiger partial charge in [0, 0.05) is 0 Å². The summed E-state index contributed by atoms with van der Waals surface area (Å²) in [5.74, 6) is -0.571. The number of alkyl halides is 1. The van der Waals surface area contributed by atoms with Gasteiger partial charge in [-0.3, -0.25) is 0 Å². The highest BCUT2D eigenvalue weighted by molar-refractivity contribution is 6.19. The summed E-state index contributed by atoms with van der Waals surface area (Å²) in [6, 6.07) is 2.97. The molecular weight excluding hydrogens is 140 g/mol. The molecule has 0 amide bonds. The first-order chi connectivity index (χ1) is 4.26. The zero-order valence-electron chi connectivity index (χ0n) is 4.43. The van der Waals surface area contributed by atoms with Crippen molar-refractivity contribution in [2.24, 2.45) is 0 Å². The molecule has 0 aromatic rings. The molecule has 0 fully saturated rings. The van der Waals surface area contributed by atoms with E-state index < -0.39 is 0 Å². The van der Waals surface area contributed by atoms with Crippen LogP contribution in [0.4, 0.5) is 0 Å². The zero-order chi connectivity index (χ0) is 7.28. The molecule has 3 nitrogen and oxygen atoms in total. The molecule has 0 radical (unpaired) electrons. The molecule has 0 rings (SSSR count). The summed E-state index contributed by atoms with van der Waals surface area (Å²) in [6.45, 7) is 0. The molecule has 0 atom stereocenters. The quantitative estimate of drug-likeness (QED) is 0.339. The lowest BCUT2D eigenvalue weighted by Crippen LogP contribution is -1.86. The Labute approximate surface area is 57.4 Å².